The van der Waals surface area contributed by atoms with Crippen LogP contribution in [0, 0.1) is 6.92 Å². The summed E-state index contributed by atoms with van der Waals surface area (Å²) in [4.78, 5) is 0.0789. The summed E-state index contributed by atoms with van der Waals surface area (Å²) in [5, 5.41) is 4.17. The molecule has 1 saturated heterocycles. The lowest BCUT2D eigenvalue weighted by atomic mass is 9.80. The monoisotopic (exact) mass is 414 g/mol. The molecule has 24 heavy (non-hydrogen) atoms. The first-order valence-electron chi connectivity index (χ1n) is 7.59. The summed E-state index contributed by atoms with van der Waals surface area (Å²) in [6.45, 7) is 10.0. The molecule has 138 valence electrons. The molecule has 0 atom stereocenters. The minimum Gasteiger partial charge on any atom is -0.307 e. The standard InChI is InChI=1S/C16H24Cl2N2O2S.ClH/c1-10-12(17)6-7-13(14(10)18)23(21,22)19-11-8-15(2,3)20-16(4,5)9-11;/h6-7,11,19-20H,8-9H2,1-5H3;1H. The molecule has 0 radical (unpaired) electrons. The summed E-state index contributed by atoms with van der Waals surface area (Å²) in [7, 11) is -3.70. The number of benzene rings is 1. The molecule has 1 aromatic carbocycles. The molecule has 0 bridgehead atoms. The summed E-state index contributed by atoms with van der Waals surface area (Å²) in [5.41, 5.74) is 0.283. The van der Waals surface area contributed by atoms with Crippen LogP contribution < -0.4 is 10.0 Å². The zero-order chi connectivity index (χ0) is 17.6. The normalized spacial score (nSPS) is 20.5. The maximum Gasteiger partial charge on any atom is 0.242 e. The minimum atomic E-state index is -3.70. The average Bonchev–Trinajstić information content (AvgIpc) is 2.30. The Kier molecular flexibility index (Phi) is 6.69. The first-order valence-corrected chi connectivity index (χ1v) is 9.83. The fraction of sp³-hybridized carbons (Fsp3) is 0.625. The molecule has 8 heteroatoms. The molecule has 0 spiro atoms. The molecule has 1 aliphatic rings. The lowest BCUT2D eigenvalue weighted by Crippen LogP contribution is -2.62. The number of nitrogens with one attached hydrogen (secondary N) is 2. The zero-order valence-corrected chi connectivity index (χ0v) is 17.7. The van der Waals surface area contributed by atoms with E-state index >= 15 is 0 Å². The van der Waals surface area contributed by atoms with Crippen molar-refractivity contribution in [2.75, 3.05) is 0 Å². The van der Waals surface area contributed by atoms with Crippen molar-refractivity contribution in [1.29, 1.82) is 0 Å². The largest absolute Gasteiger partial charge is 0.307 e. The molecule has 0 unspecified atom stereocenters. The third-order valence-electron chi connectivity index (χ3n) is 4.09. The molecule has 0 aromatic heterocycles. The Hall–Kier alpha value is -0.0400. The number of hydrogen-bond donors (Lipinski definition) is 2. The second kappa shape index (κ2) is 7.29. The van der Waals surface area contributed by atoms with Gasteiger partial charge in [0.1, 0.15) is 4.90 Å². The Morgan fingerprint density at radius 3 is 2.12 bits per heavy atom. The van der Waals surface area contributed by atoms with Gasteiger partial charge in [-0.15, -0.1) is 12.4 Å². The molecule has 1 aromatic rings. The summed E-state index contributed by atoms with van der Waals surface area (Å²) in [5.74, 6) is 0. The first-order chi connectivity index (χ1) is 10.3. The smallest absolute Gasteiger partial charge is 0.242 e. The fourth-order valence-corrected chi connectivity index (χ4v) is 5.58. The molecule has 2 rings (SSSR count). The van der Waals surface area contributed by atoms with Gasteiger partial charge in [-0.05, 0) is 65.2 Å². The number of piperidine rings is 1. The molecule has 2 N–H and O–H groups in total. The van der Waals surface area contributed by atoms with E-state index < -0.39 is 10.0 Å². The highest BCUT2D eigenvalue weighted by Crippen LogP contribution is 2.32. The SMILES string of the molecule is Cc1c(Cl)ccc(S(=O)(=O)NC2CC(C)(C)NC(C)(C)C2)c1Cl.Cl. The maximum absolute atomic E-state index is 12.7. The van der Waals surface area contributed by atoms with E-state index in [0.717, 1.165) is 0 Å². The number of rotatable bonds is 3. The van der Waals surface area contributed by atoms with Crippen LogP contribution in [0.4, 0.5) is 0 Å². The topological polar surface area (TPSA) is 58.2 Å². The van der Waals surface area contributed by atoms with Gasteiger partial charge < -0.3 is 5.32 Å². The molecule has 1 aliphatic heterocycles. The van der Waals surface area contributed by atoms with Crippen molar-refractivity contribution in [1.82, 2.24) is 10.0 Å². The lowest BCUT2D eigenvalue weighted by Gasteiger charge is -2.46. The summed E-state index contributed by atoms with van der Waals surface area (Å²) in [6.07, 6.45) is 1.42. The molecule has 0 aliphatic carbocycles. The van der Waals surface area contributed by atoms with Crippen LogP contribution in [-0.2, 0) is 10.0 Å². The third-order valence-corrected chi connectivity index (χ3v) is 6.66. The average molecular weight is 416 g/mol. The van der Waals surface area contributed by atoms with Gasteiger partial charge >= 0.3 is 0 Å². The third kappa shape index (κ3) is 4.99. The van der Waals surface area contributed by atoms with Gasteiger partial charge in [-0.3, -0.25) is 0 Å². The van der Waals surface area contributed by atoms with Gasteiger partial charge in [-0.1, -0.05) is 23.2 Å². The van der Waals surface area contributed by atoms with Gasteiger partial charge in [0.15, 0.2) is 0 Å². The van der Waals surface area contributed by atoms with Gasteiger partial charge in [-0.25, -0.2) is 13.1 Å². The lowest BCUT2D eigenvalue weighted by molar-refractivity contribution is 0.157. The number of hydrogen-bond acceptors (Lipinski definition) is 3. The van der Waals surface area contributed by atoms with Gasteiger partial charge in [0.25, 0.3) is 0 Å². The number of sulfonamides is 1. The van der Waals surface area contributed by atoms with Crippen LogP contribution in [0.2, 0.25) is 10.0 Å². The maximum atomic E-state index is 12.7. The Morgan fingerprint density at radius 1 is 1.12 bits per heavy atom. The van der Waals surface area contributed by atoms with Crippen molar-refractivity contribution in [3.8, 4) is 0 Å². The number of halogens is 3. The molecule has 1 fully saturated rings. The second-order valence-electron chi connectivity index (χ2n) is 7.60. The Morgan fingerprint density at radius 2 is 1.62 bits per heavy atom. The Bertz CT molecular complexity index is 702. The van der Waals surface area contributed by atoms with Gasteiger partial charge in [0.2, 0.25) is 10.0 Å². The van der Waals surface area contributed by atoms with Crippen molar-refractivity contribution < 1.29 is 8.42 Å². The van der Waals surface area contributed by atoms with E-state index in [1.54, 1.807) is 13.0 Å². The molecular weight excluding hydrogens is 391 g/mol. The van der Waals surface area contributed by atoms with E-state index in [4.69, 9.17) is 23.2 Å². The van der Waals surface area contributed by atoms with Gasteiger partial charge in [-0.2, -0.15) is 0 Å². The van der Waals surface area contributed by atoms with E-state index in [-0.39, 0.29) is 39.4 Å². The van der Waals surface area contributed by atoms with Gasteiger partial charge in [0, 0.05) is 22.1 Å². The predicted octanol–water partition coefficient (Wildman–Crippen LogP) is 4.31. The van der Waals surface area contributed by atoms with E-state index in [0.29, 0.717) is 23.4 Å². The van der Waals surface area contributed by atoms with Crippen LogP contribution >= 0.6 is 35.6 Å². The van der Waals surface area contributed by atoms with Crippen LogP contribution in [0.15, 0.2) is 17.0 Å². The van der Waals surface area contributed by atoms with Crippen LogP contribution in [0.1, 0.15) is 46.1 Å². The van der Waals surface area contributed by atoms with Crippen LogP contribution in [0.5, 0.6) is 0 Å². The molecule has 0 amide bonds. The second-order valence-corrected chi connectivity index (χ2v) is 10.1. The van der Waals surface area contributed by atoms with E-state index in [9.17, 15) is 8.42 Å². The summed E-state index contributed by atoms with van der Waals surface area (Å²) >= 11 is 12.2. The highest BCUT2D eigenvalue weighted by atomic mass is 35.5. The van der Waals surface area contributed by atoms with E-state index in [1.807, 2.05) is 0 Å². The summed E-state index contributed by atoms with van der Waals surface area (Å²) in [6, 6.07) is 2.86. The van der Waals surface area contributed by atoms with Crippen LogP contribution in [0.25, 0.3) is 0 Å². The van der Waals surface area contributed by atoms with Gasteiger partial charge in [0.05, 0.1) is 5.02 Å². The van der Waals surface area contributed by atoms with Crippen LogP contribution in [0.3, 0.4) is 0 Å². The van der Waals surface area contributed by atoms with Crippen molar-refractivity contribution in [3.63, 3.8) is 0 Å². The Labute approximate surface area is 161 Å². The minimum absolute atomic E-state index is 0. The predicted molar refractivity (Wildman–Crippen MR) is 103 cm³/mol. The summed E-state index contributed by atoms with van der Waals surface area (Å²) < 4.78 is 28.3. The quantitative estimate of drug-likeness (QED) is 0.773. The van der Waals surface area contributed by atoms with Crippen LogP contribution in [-0.4, -0.2) is 25.5 Å². The van der Waals surface area contributed by atoms with Crippen molar-refractivity contribution in [3.05, 3.63) is 27.7 Å². The van der Waals surface area contributed by atoms with Crippen molar-refractivity contribution in [2.24, 2.45) is 0 Å². The zero-order valence-electron chi connectivity index (χ0n) is 14.5. The highest BCUT2D eigenvalue weighted by Gasteiger charge is 2.39. The van der Waals surface area contributed by atoms with Crippen molar-refractivity contribution >= 4 is 45.6 Å². The molecule has 0 saturated carbocycles. The van der Waals surface area contributed by atoms with E-state index in [1.165, 1.54) is 6.07 Å². The molecule has 4 nitrogen and oxygen atoms in total. The van der Waals surface area contributed by atoms with Crippen molar-refractivity contribution in [2.45, 2.75) is 69.5 Å². The molecule has 1 heterocycles. The first kappa shape index (κ1) is 22.0. The highest BCUT2D eigenvalue weighted by molar-refractivity contribution is 7.89. The Balaban J connectivity index is 0.00000288. The fourth-order valence-electron chi connectivity index (χ4n) is 3.53. The molecular formula is C16H25Cl3N2O2S. The van der Waals surface area contributed by atoms with E-state index in [2.05, 4.69) is 37.7 Å².